The normalized spacial score (nSPS) is 15.2. The summed E-state index contributed by atoms with van der Waals surface area (Å²) in [6.45, 7) is 3.53. The van der Waals surface area contributed by atoms with E-state index < -0.39 is 0 Å². The van der Waals surface area contributed by atoms with Gasteiger partial charge in [0.05, 0.1) is 11.1 Å². The molecule has 0 saturated carbocycles. The number of rotatable bonds is 1. The average Bonchev–Trinajstić information content (AvgIpc) is 2.89. The lowest BCUT2D eigenvalue weighted by molar-refractivity contribution is 0.0751. The molecule has 0 spiro atoms. The molecule has 2 aromatic heterocycles. The monoisotopic (exact) mass is 275 g/mol. The lowest BCUT2D eigenvalue weighted by Crippen LogP contribution is -2.30. The number of hydrogen-bond acceptors (Lipinski definition) is 3. The standard InChI is InChI=1S/C14H17N3OS/c1-10-5-6-13(19-10)14(18)17-7-3-4-12-11(9-17)8-15-16(12)2/h5-6,8H,3-4,7,9H2,1-2H3. The fourth-order valence-electron chi connectivity index (χ4n) is 2.56. The maximum Gasteiger partial charge on any atom is 0.264 e. The summed E-state index contributed by atoms with van der Waals surface area (Å²) in [7, 11) is 1.97. The van der Waals surface area contributed by atoms with E-state index in [2.05, 4.69) is 5.10 Å². The van der Waals surface area contributed by atoms with Crippen molar-refractivity contribution in [3.05, 3.63) is 39.3 Å². The van der Waals surface area contributed by atoms with Crippen molar-refractivity contribution in [1.82, 2.24) is 14.7 Å². The molecule has 0 saturated heterocycles. The average molecular weight is 275 g/mol. The summed E-state index contributed by atoms with van der Waals surface area (Å²) in [6, 6.07) is 3.93. The molecule has 0 fully saturated rings. The van der Waals surface area contributed by atoms with Crippen molar-refractivity contribution in [2.45, 2.75) is 26.3 Å². The summed E-state index contributed by atoms with van der Waals surface area (Å²) >= 11 is 1.57. The molecule has 3 heterocycles. The minimum absolute atomic E-state index is 0.148. The van der Waals surface area contributed by atoms with Crippen LogP contribution in [0.15, 0.2) is 18.3 Å². The number of amides is 1. The van der Waals surface area contributed by atoms with Crippen LogP contribution in [0.1, 0.15) is 32.2 Å². The van der Waals surface area contributed by atoms with Crippen molar-refractivity contribution in [2.75, 3.05) is 6.54 Å². The van der Waals surface area contributed by atoms with Crippen LogP contribution in [0, 0.1) is 6.92 Å². The van der Waals surface area contributed by atoms with E-state index in [9.17, 15) is 4.79 Å². The van der Waals surface area contributed by atoms with E-state index >= 15 is 0 Å². The van der Waals surface area contributed by atoms with Crippen molar-refractivity contribution in [2.24, 2.45) is 7.05 Å². The molecule has 2 aromatic rings. The van der Waals surface area contributed by atoms with Crippen LogP contribution in [0.4, 0.5) is 0 Å². The second kappa shape index (κ2) is 4.81. The molecule has 1 amide bonds. The van der Waals surface area contributed by atoms with Gasteiger partial charge in [-0.3, -0.25) is 9.48 Å². The van der Waals surface area contributed by atoms with Gasteiger partial charge in [0.15, 0.2) is 0 Å². The summed E-state index contributed by atoms with van der Waals surface area (Å²) in [5, 5.41) is 4.29. The zero-order valence-corrected chi connectivity index (χ0v) is 12.0. The topological polar surface area (TPSA) is 38.1 Å². The van der Waals surface area contributed by atoms with E-state index in [1.54, 1.807) is 11.3 Å². The lowest BCUT2D eigenvalue weighted by atomic mass is 10.2. The molecule has 100 valence electrons. The van der Waals surface area contributed by atoms with E-state index in [4.69, 9.17) is 0 Å². The molecule has 0 aliphatic carbocycles. The fourth-order valence-corrected chi connectivity index (χ4v) is 3.40. The van der Waals surface area contributed by atoms with Gasteiger partial charge in [0.25, 0.3) is 5.91 Å². The molecule has 0 unspecified atom stereocenters. The molecule has 0 aromatic carbocycles. The minimum Gasteiger partial charge on any atom is -0.333 e. The molecule has 0 N–H and O–H groups in total. The zero-order chi connectivity index (χ0) is 13.4. The Kier molecular flexibility index (Phi) is 3.14. The summed E-state index contributed by atoms with van der Waals surface area (Å²) < 4.78 is 1.93. The smallest absolute Gasteiger partial charge is 0.264 e. The highest BCUT2D eigenvalue weighted by atomic mass is 32.1. The van der Waals surface area contributed by atoms with Gasteiger partial charge in [-0.15, -0.1) is 11.3 Å². The third-order valence-corrected chi connectivity index (χ3v) is 4.58. The van der Waals surface area contributed by atoms with E-state index in [1.165, 1.54) is 16.1 Å². The largest absolute Gasteiger partial charge is 0.333 e. The Morgan fingerprint density at radius 1 is 1.42 bits per heavy atom. The van der Waals surface area contributed by atoms with Gasteiger partial charge < -0.3 is 4.90 Å². The number of fused-ring (bicyclic) bond motifs is 1. The highest BCUT2D eigenvalue weighted by molar-refractivity contribution is 7.13. The molecule has 1 aliphatic heterocycles. The molecule has 0 atom stereocenters. The van der Waals surface area contributed by atoms with Gasteiger partial charge in [0.2, 0.25) is 0 Å². The van der Waals surface area contributed by atoms with Crippen LogP contribution in [-0.2, 0) is 20.0 Å². The molecule has 4 nitrogen and oxygen atoms in total. The van der Waals surface area contributed by atoms with Crippen molar-refractivity contribution >= 4 is 17.2 Å². The van der Waals surface area contributed by atoms with Gasteiger partial charge in [-0.2, -0.15) is 5.10 Å². The van der Waals surface area contributed by atoms with Crippen LogP contribution in [0.25, 0.3) is 0 Å². The SMILES string of the molecule is Cc1ccc(C(=O)N2CCCc3c(cnn3C)C2)s1. The second-order valence-electron chi connectivity index (χ2n) is 4.98. The van der Waals surface area contributed by atoms with Crippen molar-refractivity contribution in [3.63, 3.8) is 0 Å². The highest BCUT2D eigenvalue weighted by Crippen LogP contribution is 2.22. The lowest BCUT2D eigenvalue weighted by Gasteiger charge is -2.19. The molecule has 1 aliphatic rings. The molecule has 0 bridgehead atoms. The number of aromatic nitrogens is 2. The summed E-state index contributed by atoms with van der Waals surface area (Å²) in [5.74, 6) is 0.148. The first-order chi connectivity index (χ1) is 9.15. The van der Waals surface area contributed by atoms with Crippen LogP contribution >= 0.6 is 11.3 Å². The van der Waals surface area contributed by atoms with Crippen LogP contribution in [0.3, 0.4) is 0 Å². The third kappa shape index (κ3) is 2.30. The first-order valence-corrected chi connectivity index (χ1v) is 7.32. The van der Waals surface area contributed by atoms with Gasteiger partial charge in [-0.1, -0.05) is 0 Å². The van der Waals surface area contributed by atoms with Crippen LogP contribution in [0.2, 0.25) is 0 Å². The highest BCUT2D eigenvalue weighted by Gasteiger charge is 2.22. The number of carbonyl (C=O) groups excluding carboxylic acids is 1. The second-order valence-corrected chi connectivity index (χ2v) is 6.27. The van der Waals surface area contributed by atoms with E-state index in [1.807, 2.05) is 41.9 Å². The molecule has 5 heteroatoms. The fraction of sp³-hybridized carbons (Fsp3) is 0.429. The predicted molar refractivity (Wildman–Crippen MR) is 75.3 cm³/mol. The molecular weight excluding hydrogens is 258 g/mol. The van der Waals surface area contributed by atoms with Crippen molar-refractivity contribution in [1.29, 1.82) is 0 Å². The number of thiophene rings is 1. The zero-order valence-electron chi connectivity index (χ0n) is 11.2. The number of aryl methyl sites for hydroxylation is 2. The van der Waals surface area contributed by atoms with E-state index in [-0.39, 0.29) is 5.91 Å². The number of hydrogen-bond donors (Lipinski definition) is 0. The minimum atomic E-state index is 0.148. The Morgan fingerprint density at radius 3 is 3.00 bits per heavy atom. The van der Waals surface area contributed by atoms with Gasteiger partial charge in [0.1, 0.15) is 0 Å². The maximum atomic E-state index is 12.5. The molecular formula is C14H17N3OS. The maximum absolute atomic E-state index is 12.5. The van der Waals surface area contributed by atoms with E-state index in [0.717, 1.165) is 24.3 Å². The van der Waals surface area contributed by atoms with Crippen LogP contribution in [-0.4, -0.2) is 27.1 Å². The van der Waals surface area contributed by atoms with E-state index in [0.29, 0.717) is 6.54 Å². The van der Waals surface area contributed by atoms with Gasteiger partial charge in [0, 0.05) is 36.3 Å². The first-order valence-electron chi connectivity index (χ1n) is 6.50. The van der Waals surface area contributed by atoms with Crippen LogP contribution < -0.4 is 0 Å². The third-order valence-electron chi connectivity index (χ3n) is 3.59. The molecule has 3 rings (SSSR count). The van der Waals surface area contributed by atoms with Crippen molar-refractivity contribution < 1.29 is 4.79 Å². The summed E-state index contributed by atoms with van der Waals surface area (Å²) in [5.41, 5.74) is 2.44. The Morgan fingerprint density at radius 2 is 2.26 bits per heavy atom. The Labute approximate surface area is 116 Å². The van der Waals surface area contributed by atoms with Gasteiger partial charge >= 0.3 is 0 Å². The quantitative estimate of drug-likeness (QED) is 0.801. The Balaban J connectivity index is 1.84. The van der Waals surface area contributed by atoms with Gasteiger partial charge in [-0.25, -0.2) is 0 Å². The van der Waals surface area contributed by atoms with Crippen LogP contribution in [0.5, 0.6) is 0 Å². The first kappa shape index (κ1) is 12.4. The van der Waals surface area contributed by atoms with Gasteiger partial charge in [-0.05, 0) is 31.9 Å². The predicted octanol–water partition coefficient (Wildman–Crippen LogP) is 2.38. The Bertz CT molecular complexity index is 614. The Hall–Kier alpha value is -1.62. The van der Waals surface area contributed by atoms with Crippen molar-refractivity contribution in [3.8, 4) is 0 Å². The summed E-state index contributed by atoms with van der Waals surface area (Å²) in [6.07, 6.45) is 3.89. The number of carbonyl (C=O) groups is 1. The molecule has 19 heavy (non-hydrogen) atoms. The molecule has 0 radical (unpaired) electrons. The summed E-state index contributed by atoms with van der Waals surface area (Å²) in [4.78, 5) is 16.5. The number of nitrogens with zero attached hydrogens (tertiary/aromatic N) is 3.